The highest BCUT2D eigenvalue weighted by Crippen LogP contribution is 1.84. The van der Waals surface area contributed by atoms with Crippen molar-refractivity contribution in [3.8, 4) is 0 Å². The summed E-state index contributed by atoms with van der Waals surface area (Å²) in [7, 11) is -1.54. The molecule has 1 unspecified atom stereocenters. The molecule has 0 radical (unpaired) electrons. The molecule has 0 amide bonds. The molecule has 0 aliphatic carbocycles. The molecule has 14 heavy (non-hydrogen) atoms. The van der Waals surface area contributed by atoms with Gasteiger partial charge in [0.05, 0.1) is 0 Å². The van der Waals surface area contributed by atoms with Gasteiger partial charge in [0.1, 0.15) is 0 Å². The van der Waals surface area contributed by atoms with E-state index in [9.17, 15) is 8.42 Å². The van der Waals surface area contributed by atoms with Gasteiger partial charge < -0.3 is 5.32 Å². The first kappa shape index (κ1) is 16.5. The maximum absolute atomic E-state index is 11.2. The van der Waals surface area contributed by atoms with Gasteiger partial charge in [0.2, 0.25) is 0 Å². The highest BCUT2D eigenvalue weighted by Gasteiger charge is 2.11. The summed E-state index contributed by atoms with van der Waals surface area (Å²) in [5, 5.41) is 2.94. The van der Waals surface area contributed by atoms with Crippen LogP contribution in [0.15, 0.2) is 0 Å². The predicted octanol–water partition coefficient (Wildman–Crippen LogP) is -0.151. The lowest BCUT2D eigenvalue weighted by molar-refractivity contribution is 0.535. The Morgan fingerprint density at radius 3 is 2.07 bits per heavy atom. The second-order valence-electron chi connectivity index (χ2n) is 3.31. The maximum Gasteiger partial charge on any atom is 0.277 e. The molecule has 3 N–H and O–H groups in total. The summed E-state index contributed by atoms with van der Waals surface area (Å²) >= 11 is 0. The minimum Gasteiger partial charge on any atom is -0.316 e. The topological polar surface area (TPSA) is 70.2 Å². The van der Waals surface area contributed by atoms with Crippen LogP contribution in [0.4, 0.5) is 0 Å². The monoisotopic (exact) mass is 245 g/mol. The lowest BCUT2D eigenvalue weighted by atomic mass is 10.4. The van der Waals surface area contributed by atoms with E-state index in [1.807, 2.05) is 6.92 Å². The molecule has 0 spiro atoms. The van der Waals surface area contributed by atoms with Crippen LogP contribution in [-0.4, -0.2) is 34.1 Å². The summed E-state index contributed by atoms with van der Waals surface area (Å²) in [5.74, 6) is 0. The van der Waals surface area contributed by atoms with Gasteiger partial charge in [0.25, 0.3) is 10.2 Å². The molecular weight excluding hydrogens is 226 g/mol. The van der Waals surface area contributed by atoms with E-state index in [1.54, 1.807) is 20.9 Å². The van der Waals surface area contributed by atoms with Crippen molar-refractivity contribution < 1.29 is 8.42 Å². The molecule has 0 heterocycles. The van der Waals surface area contributed by atoms with Crippen molar-refractivity contribution in [3.63, 3.8) is 0 Å². The highest BCUT2D eigenvalue weighted by atomic mass is 35.5. The SMILES string of the molecule is CNC(C)CNS(=O)(=O)NC(C)C.Cl. The van der Waals surface area contributed by atoms with Crippen LogP contribution in [0.2, 0.25) is 0 Å². The van der Waals surface area contributed by atoms with Gasteiger partial charge in [0, 0.05) is 18.6 Å². The highest BCUT2D eigenvalue weighted by molar-refractivity contribution is 7.87. The van der Waals surface area contributed by atoms with Gasteiger partial charge in [-0.1, -0.05) is 0 Å². The van der Waals surface area contributed by atoms with E-state index in [0.29, 0.717) is 6.54 Å². The molecule has 88 valence electrons. The second kappa shape index (κ2) is 7.42. The van der Waals surface area contributed by atoms with E-state index in [0.717, 1.165) is 0 Å². The van der Waals surface area contributed by atoms with Crippen molar-refractivity contribution in [1.29, 1.82) is 0 Å². The molecule has 0 aliphatic heterocycles. The summed E-state index contributed by atoms with van der Waals surface area (Å²) < 4.78 is 27.3. The fourth-order valence-electron chi connectivity index (χ4n) is 0.689. The Morgan fingerprint density at radius 1 is 1.21 bits per heavy atom. The smallest absolute Gasteiger partial charge is 0.277 e. The van der Waals surface area contributed by atoms with Crippen molar-refractivity contribution >= 4 is 22.6 Å². The predicted molar refractivity (Wildman–Crippen MR) is 61.0 cm³/mol. The Hall–Kier alpha value is 0.120. The second-order valence-corrected chi connectivity index (χ2v) is 4.85. The summed E-state index contributed by atoms with van der Waals surface area (Å²) in [6, 6.07) is 0.0473. The third-order valence-corrected chi connectivity index (χ3v) is 2.79. The first-order valence-electron chi connectivity index (χ1n) is 4.31. The van der Waals surface area contributed by atoms with E-state index in [2.05, 4.69) is 14.8 Å². The van der Waals surface area contributed by atoms with Gasteiger partial charge in [-0.25, -0.2) is 4.72 Å². The van der Waals surface area contributed by atoms with Crippen LogP contribution in [0.3, 0.4) is 0 Å². The molecule has 1 atom stereocenters. The standard InChI is InChI=1S/C7H19N3O2S.ClH/c1-6(2)10-13(11,12)9-5-7(3)8-4;/h6-10H,5H2,1-4H3;1H. The fraction of sp³-hybridized carbons (Fsp3) is 1.00. The Morgan fingerprint density at radius 2 is 1.71 bits per heavy atom. The molecule has 5 nitrogen and oxygen atoms in total. The molecule has 0 aromatic heterocycles. The van der Waals surface area contributed by atoms with Gasteiger partial charge in [-0.3, -0.25) is 0 Å². The number of hydrogen-bond acceptors (Lipinski definition) is 3. The zero-order valence-corrected chi connectivity index (χ0v) is 10.6. The average molecular weight is 246 g/mol. The molecule has 0 aromatic rings. The van der Waals surface area contributed by atoms with Gasteiger partial charge in [-0.2, -0.15) is 13.1 Å². The number of nitrogens with one attached hydrogen (secondary N) is 3. The number of likely N-dealkylation sites (N-methyl/N-ethyl adjacent to an activating group) is 1. The van der Waals surface area contributed by atoms with E-state index >= 15 is 0 Å². The zero-order valence-electron chi connectivity index (χ0n) is 8.99. The van der Waals surface area contributed by atoms with Gasteiger partial charge in [-0.05, 0) is 27.8 Å². The quantitative estimate of drug-likeness (QED) is 0.610. The van der Waals surface area contributed by atoms with Crippen LogP contribution in [0.1, 0.15) is 20.8 Å². The lowest BCUT2D eigenvalue weighted by Crippen LogP contribution is -2.44. The van der Waals surface area contributed by atoms with Crippen LogP contribution < -0.4 is 14.8 Å². The van der Waals surface area contributed by atoms with E-state index in [-0.39, 0.29) is 24.5 Å². The number of rotatable bonds is 6. The average Bonchev–Trinajstić information content (AvgIpc) is 1.98. The third kappa shape index (κ3) is 8.71. The molecule has 7 heteroatoms. The normalized spacial score (nSPS) is 13.8. The summed E-state index contributed by atoms with van der Waals surface area (Å²) in [6.07, 6.45) is 0. The van der Waals surface area contributed by atoms with Gasteiger partial charge in [0.15, 0.2) is 0 Å². The van der Waals surface area contributed by atoms with E-state index < -0.39 is 10.2 Å². The van der Waals surface area contributed by atoms with Crippen LogP contribution >= 0.6 is 12.4 Å². The molecule has 0 bridgehead atoms. The zero-order chi connectivity index (χ0) is 10.5. The van der Waals surface area contributed by atoms with Gasteiger partial charge in [-0.15, -0.1) is 12.4 Å². The van der Waals surface area contributed by atoms with E-state index in [4.69, 9.17) is 0 Å². The minimum atomic E-state index is -3.33. The molecular formula is C7H20ClN3O2S. The maximum atomic E-state index is 11.2. The van der Waals surface area contributed by atoms with Crippen LogP contribution in [0.5, 0.6) is 0 Å². The Labute approximate surface area is 92.6 Å². The summed E-state index contributed by atoms with van der Waals surface area (Å²) in [6.45, 7) is 5.85. The first-order chi connectivity index (χ1) is 5.87. The fourth-order valence-corrected chi connectivity index (χ4v) is 1.86. The van der Waals surface area contributed by atoms with Crippen molar-refractivity contribution in [1.82, 2.24) is 14.8 Å². The largest absolute Gasteiger partial charge is 0.316 e. The Bertz CT molecular complexity index is 231. The first-order valence-corrected chi connectivity index (χ1v) is 5.80. The van der Waals surface area contributed by atoms with Crippen LogP contribution in [-0.2, 0) is 10.2 Å². The summed E-state index contributed by atoms with van der Waals surface area (Å²) in [5.41, 5.74) is 0. The number of halogens is 1. The van der Waals surface area contributed by atoms with Crippen molar-refractivity contribution in [3.05, 3.63) is 0 Å². The molecule has 0 aliphatic rings. The Balaban J connectivity index is 0. The molecule has 0 fully saturated rings. The molecule has 0 saturated heterocycles. The third-order valence-electron chi connectivity index (χ3n) is 1.46. The van der Waals surface area contributed by atoms with Crippen molar-refractivity contribution in [2.45, 2.75) is 32.9 Å². The van der Waals surface area contributed by atoms with E-state index in [1.165, 1.54) is 0 Å². The molecule has 0 rings (SSSR count). The summed E-state index contributed by atoms with van der Waals surface area (Å²) in [4.78, 5) is 0. The van der Waals surface area contributed by atoms with Crippen LogP contribution in [0.25, 0.3) is 0 Å². The number of hydrogen-bond donors (Lipinski definition) is 3. The van der Waals surface area contributed by atoms with Crippen molar-refractivity contribution in [2.75, 3.05) is 13.6 Å². The van der Waals surface area contributed by atoms with Crippen molar-refractivity contribution in [2.24, 2.45) is 0 Å². The minimum absolute atomic E-state index is 0. The Kier molecular flexibility index (Phi) is 8.77. The molecule has 0 aromatic carbocycles. The van der Waals surface area contributed by atoms with Crippen LogP contribution in [0, 0.1) is 0 Å². The van der Waals surface area contributed by atoms with Gasteiger partial charge >= 0.3 is 0 Å². The lowest BCUT2D eigenvalue weighted by Gasteiger charge is -2.13. The molecule has 0 saturated carbocycles.